The molecular weight excluding hydrogens is 247 g/mol. The Kier molecular flexibility index (Phi) is 4.35. The smallest absolute Gasteiger partial charge is 0.327 e. The van der Waals surface area contributed by atoms with Gasteiger partial charge in [0.15, 0.2) is 0 Å². The number of hydrogen-bond donors (Lipinski definition) is 1. The van der Waals surface area contributed by atoms with Crippen LogP contribution >= 0.6 is 0 Å². The fraction of sp³-hybridized carbons (Fsp3) is 0.571. The van der Waals surface area contributed by atoms with Crippen LogP contribution < -0.4 is 5.32 Å². The molecule has 5 heteroatoms. The second-order valence-corrected chi connectivity index (χ2v) is 5.22. The fourth-order valence-corrected chi connectivity index (χ4v) is 2.81. The lowest BCUT2D eigenvalue weighted by Gasteiger charge is -2.28. The Morgan fingerprint density at radius 1 is 1.37 bits per heavy atom. The Hall–Kier alpha value is -1.65. The molecule has 1 unspecified atom stereocenters. The standard InChI is InChI=1S/C14H19FN2O2/c1-10(11-6-3-2-4-7-11)16-13-9-5-8-12(15)14(13)17(18)19/h5,8-11,16H,2-4,6-7H2,1H3. The first-order chi connectivity index (χ1) is 9.09. The molecule has 0 spiro atoms. The Balaban J connectivity index is 2.14. The first-order valence-electron chi connectivity index (χ1n) is 6.79. The molecule has 1 aromatic carbocycles. The number of anilines is 1. The molecule has 0 bridgehead atoms. The predicted octanol–water partition coefficient (Wildman–Crippen LogP) is 4.11. The summed E-state index contributed by atoms with van der Waals surface area (Å²) in [6.07, 6.45) is 5.96. The Morgan fingerprint density at radius 3 is 2.68 bits per heavy atom. The number of nitro groups is 1. The summed E-state index contributed by atoms with van der Waals surface area (Å²) in [5, 5.41) is 14.0. The van der Waals surface area contributed by atoms with E-state index in [-0.39, 0.29) is 11.7 Å². The first-order valence-corrected chi connectivity index (χ1v) is 6.79. The highest BCUT2D eigenvalue weighted by atomic mass is 19.1. The molecule has 1 N–H and O–H groups in total. The highest BCUT2D eigenvalue weighted by Gasteiger charge is 2.24. The molecule has 1 saturated carbocycles. The van der Waals surface area contributed by atoms with Crippen LogP contribution in [0.1, 0.15) is 39.0 Å². The van der Waals surface area contributed by atoms with Crippen molar-refractivity contribution in [3.63, 3.8) is 0 Å². The molecule has 0 heterocycles. The molecule has 1 aromatic rings. The number of nitro benzene ring substituents is 1. The minimum Gasteiger partial charge on any atom is -0.377 e. The van der Waals surface area contributed by atoms with Gasteiger partial charge in [0, 0.05) is 6.04 Å². The van der Waals surface area contributed by atoms with Crippen LogP contribution in [0.25, 0.3) is 0 Å². The normalized spacial score (nSPS) is 18.0. The third-order valence-corrected chi connectivity index (χ3v) is 3.91. The van der Waals surface area contributed by atoms with Crippen LogP contribution in [0.2, 0.25) is 0 Å². The van der Waals surface area contributed by atoms with Gasteiger partial charge in [-0.1, -0.05) is 25.3 Å². The molecule has 0 aliphatic heterocycles. The largest absolute Gasteiger partial charge is 0.377 e. The van der Waals surface area contributed by atoms with Gasteiger partial charge < -0.3 is 5.32 Å². The van der Waals surface area contributed by atoms with E-state index >= 15 is 0 Å². The van der Waals surface area contributed by atoms with Crippen molar-refractivity contribution in [3.8, 4) is 0 Å². The highest BCUT2D eigenvalue weighted by molar-refractivity contribution is 5.62. The maximum Gasteiger partial charge on any atom is 0.327 e. The van der Waals surface area contributed by atoms with Gasteiger partial charge in [-0.15, -0.1) is 0 Å². The van der Waals surface area contributed by atoms with Gasteiger partial charge in [0.25, 0.3) is 0 Å². The number of halogens is 1. The number of nitrogens with one attached hydrogen (secondary N) is 1. The molecule has 0 amide bonds. The quantitative estimate of drug-likeness (QED) is 0.659. The van der Waals surface area contributed by atoms with Crippen LogP contribution in [-0.4, -0.2) is 11.0 Å². The topological polar surface area (TPSA) is 55.2 Å². The maximum atomic E-state index is 13.5. The van der Waals surface area contributed by atoms with Gasteiger partial charge in [-0.2, -0.15) is 4.39 Å². The molecule has 0 aromatic heterocycles. The van der Waals surface area contributed by atoms with E-state index in [4.69, 9.17) is 0 Å². The zero-order valence-corrected chi connectivity index (χ0v) is 11.1. The summed E-state index contributed by atoms with van der Waals surface area (Å²) < 4.78 is 13.5. The van der Waals surface area contributed by atoms with Crippen molar-refractivity contribution < 1.29 is 9.31 Å². The van der Waals surface area contributed by atoms with Crippen molar-refractivity contribution in [2.45, 2.75) is 45.1 Å². The minimum absolute atomic E-state index is 0.126. The number of benzene rings is 1. The Morgan fingerprint density at radius 2 is 2.05 bits per heavy atom. The summed E-state index contributed by atoms with van der Waals surface area (Å²) in [7, 11) is 0. The van der Waals surface area contributed by atoms with Gasteiger partial charge in [-0.05, 0) is 37.8 Å². The van der Waals surface area contributed by atoms with Crippen LogP contribution in [0.5, 0.6) is 0 Å². The van der Waals surface area contributed by atoms with Gasteiger partial charge in [0.05, 0.1) is 4.92 Å². The molecule has 1 aliphatic rings. The molecule has 0 saturated heterocycles. The average molecular weight is 266 g/mol. The van der Waals surface area contributed by atoms with Gasteiger partial charge in [-0.25, -0.2) is 0 Å². The van der Waals surface area contributed by atoms with Gasteiger partial charge in [-0.3, -0.25) is 10.1 Å². The van der Waals surface area contributed by atoms with Crippen molar-refractivity contribution in [2.24, 2.45) is 5.92 Å². The molecular formula is C14H19FN2O2. The van der Waals surface area contributed by atoms with Crippen LogP contribution in [0.4, 0.5) is 15.8 Å². The van der Waals surface area contributed by atoms with Crippen LogP contribution in [0, 0.1) is 21.8 Å². The van der Waals surface area contributed by atoms with Gasteiger partial charge in [0.1, 0.15) is 5.69 Å². The van der Waals surface area contributed by atoms with E-state index in [1.54, 1.807) is 6.07 Å². The second kappa shape index (κ2) is 5.99. The summed E-state index contributed by atoms with van der Waals surface area (Å²) in [5.74, 6) is -0.275. The molecule has 1 atom stereocenters. The zero-order valence-electron chi connectivity index (χ0n) is 11.1. The summed E-state index contributed by atoms with van der Waals surface area (Å²) >= 11 is 0. The van der Waals surface area contributed by atoms with E-state index < -0.39 is 16.4 Å². The van der Waals surface area contributed by atoms with Gasteiger partial charge >= 0.3 is 5.69 Å². The number of rotatable bonds is 4. The van der Waals surface area contributed by atoms with Gasteiger partial charge in [0.2, 0.25) is 5.82 Å². The summed E-state index contributed by atoms with van der Waals surface area (Å²) in [4.78, 5) is 10.3. The van der Waals surface area contributed by atoms with Crippen molar-refractivity contribution >= 4 is 11.4 Å². The zero-order chi connectivity index (χ0) is 13.8. The SMILES string of the molecule is CC(Nc1cccc(F)c1[N+](=O)[O-])C1CCCCC1. The van der Waals surface area contributed by atoms with Crippen LogP contribution in [-0.2, 0) is 0 Å². The number of nitrogens with zero attached hydrogens (tertiary/aromatic N) is 1. The van der Waals surface area contributed by atoms with E-state index in [0.717, 1.165) is 18.9 Å². The Bertz CT molecular complexity index is 459. The third-order valence-electron chi connectivity index (χ3n) is 3.91. The average Bonchev–Trinajstić information content (AvgIpc) is 2.39. The molecule has 104 valence electrons. The third kappa shape index (κ3) is 3.22. The van der Waals surface area contributed by atoms with Crippen molar-refractivity contribution in [2.75, 3.05) is 5.32 Å². The fourth-order valence-electron chi connectivity index (χ4n) is 2.81. The van der Waals surface area contributed by atoms with Crippen molar-refractivity contribution in [3.05, 3.63) is 34.1 Å². The van der Waals surface area contributed by atoms with E-state index in [1.165, 1.54) is 25.3 Å². The van der Waals surface area contributed by atoms with Crippen molar-refractivity contribution in [1.29, 1.82) is 0 Å². The minimum atomic E-state index is -0.786. The molecule has 19 heavy (non-hydrogen) atoms. The van der Waals surface area contributed by atoms with E-state index in [0.29, 0.717) is 5.92 Å². The molecule has 4 nitrogen and oxygen atoms in total. The summed E-state index contributed by atoms with van der Waals surface area (Å²) in [6.45, 7) is 2.02. The first kappa shape index (κ1) is 13.8. The molecule has 1 aliphatic carbocycles. The monoisotopic (exact) mass is 266 g/mol. The van der Waals surface area contributed by atoms with E-state index in [1.807, 2.05) is 6.92 Å². The summed E-state index contributed by atoms with van der Waals surface area (Å²) in [6, 6.07) is 4.31. The Labute approximate surface area is 112 Å². The maximum absolute atomic E-state index is 13.5. The highest BCUT2D eigenvalue weighted by Crippen LogP contribution is 2.32. The number of hydrogen-bond acceptors (Lipinski definition) is 3. The van der Waals surface area contributed by atoms with E-state index in [2.05, 4.69) is 5.32 Å². The van der Waals surface area contributed by atoms with Crippen LogP contribution in [0.3, 0.4) is 0 Å². The van der Waals surface area contributed by atoms with Crippen LogP contribution in [0.15, 0.2) is 18.2 Å². The second-order valence-electron chi connectivity index (χ2n) is 5.22. The van der Waals surface area contributed by atoms with Crippen molar-refractivity contribution in [1.82, 2.24) is 0 Å². The molecule has 2 rings (SSSR count). The lowest BCUT2D eigenvalue weighted by molar-refractivity contribution is -0.386. The summed E-state index contributed by atoms with van der Waals surface area (Å²) in [5.41, 5.74) is -0.173. The van der Waals surface area contributed by atoms with E-state index in [9.17, 15) is 14.5 Å². The predicted molar refractivity (Wildman–Crippen MR) is 72.7 cm³/mol. The lowest BCUT2D eigenvalue weighted by Crippen LogP contribution is -2.28. The lowest BCUT2D eigenvalue weighted by atomic mass is 9.84. The molecule has 0 radical (unpaired) electrons. The number of para-hydroxylation sites is 1. The molecule has 1 fully saturated rings.